The van der Waals surface area contributed by atoms with Crippen LogP contribution in [0.4, 0.5) is 0 Å². The first-order valence-corrected chi connectivity index (χ1v) is 8.49. The number of carbonyl (C=O) groups excluding carboxylic acids is 1. The van der Waals surface area contributed by atoms with Crippen LogP contribution in [0.3, 0.4) is 0 Å². The Hall–Kier alpha value is -2.40. The van der Waals surface area contributed by atoms with Gasteiger partial charge >= 0.3 is 5.97 Å². The lowest BCUT2D eigenvalue weighted by atomic mass is 9.96. The summed E-state index contributed by atoms with van der Waals surface area (Å²) in [6.07, 6.45) is 0.413. The fourth-order valence-electron chi connectivity index (χ4n) is 2.53. The molecule has 1 N–H and O–H groups in total. The molecule has 1 heterocycles. The highest BCUT2D eigenvalue weighted by Gasteiger charge is 2.20. The molecule has 3 aromatic rings. The summed E-state index contributed by atoms with van der Waals surface area (Å²) in [5.41, 5.74) is 1.72. The van der Waals surface area contributed by atoms with Crippen LogP contribution in [0, 0.1) is 0 Å². The van der Waals surface area contributed by atoms with Gasteiger partial charge in [-0.15, -0.1) is 0 Å². The van der Waals surface area contributed by atoms with Crippen LogP contribution >= 0.6 is 34.8 Å². The Labute approximate surface area is 164 Å². The zero-order valence-electron chi connectivity index (χ0n) is 13.0. The quantitative estimate of drug-likeness (QED) is 0.549. The van der Waals surface area contributed by atoms with E-state index in [4.69, 9.17) is 34.8 Å². The Balaban J connectivity index is 2.35. The molecule has 7 heteroatoms. The van der Waals surface area contributed by atoms with Crippen LogP contribution in [-0.2, 0) is 0 Å². The van der Waals surface area contributed by atoms with Gasteiger partial charge in [-0.3, -0.25) is 4.79 Å². The van der Waals surface area contributed by atoms with Crippen LogP contribution in [0.25, 0.3) is 22.4 Å². The van der Waals surface area contributed by atoms with E-state index in [1.54, 1.807) is 42.5 Å². The Morgan fingerprint density at radius 3 is 2.15 bits per heavy atom. The van der Waals surface area contributed by atoms with Crippen molar-refractivity contribution < 1.29 is 14.7 Å². The molecule has 4 nitrogen and oxygen atoms in total. The largest absolute Gasteiger partial charge is 0.478 e. The molecule has 3 rings (SSSR count). The van der Waals surface area contributed by atoms with Gasteiger partial charge in [0.1, 0.15) is 5.69 Å². The number of aldehydes is 1. The lowest BCUT2D eigenvalue weighted by Crippen LogP contribution is -2.07. The number of aromatic nitrogens is 1. The third-order valence-electron chi connectivity index (χ3n) is 3.73. The van der Waals surface area contributed by atoms with Gasteiger partial charge in [0.05, 0.1) is 11.3 Å². The number of carboxylic acids is 1. The van der Waals surface area contributed by atoms with Crippen molar-refractivity contribution in [3.63, 3.8) is 0 Å². The van der Waals surface area contributed by atoms with Crippen LogP contribution in [0.5, 0.6) is 0 Å². The summed E-state index contributed by atoms with van der Waals surface area (Å²) in [4.78, 5) is 27.1. The molecule has 0 aliphatic heterocycles. The molecule has 0 radical (unpaired) electrons. The topological polar surface area (TPSA) is 67.3 Å². The minimum atomic E-state index is -1.26. The molecule has 0 fully saturated rings. The maximum Gasteiger partial charge on any atom is 0.338 e. The zero-order valence-corrected chi connectivity index (χ0v) is 15.3. The van der Waals surface area contributed by atoms with Crippen molar-refractivity contribution >= 4 is 47.1 Å². The third-order valence-corrected chi connectivity index (χ3v) is 4.53. The molecule has 0 spiro atoms. The third kappa shape index (κ3) is 3.58. The van der Waals surface area contributed by atoms with Crippen molar-refractivity contribution in [2.75, 3.05) is 0 Å². The smallest absolute Gasteiger partial charge is 0.338 e. The fourth-order valence-corrected chi connectivity index (χ4v) is 3.17. The molecule has 1 aromatic heterocycles. The second-order valence-electron chi connectivity index (χ2n) is 5.37. The van der Waals surface area contributed by atoms with Crippen molar-refractivity contribution in [2.24, 2.45) is 0 Å². The number of halogens is 3. The van der Waals surface area contributed by atoms with Gasteiger partial charge in [-0.05, 0) is 30.3 Å². The van der Waals surface area contributed by atoms with E-state index in [1.807, 2.05) is 0 Å². The number of carbonyl (C=O) groups is 2. The molecule has 0 amide bonds. The molecule has 26 heavy (non-hydrogen) atoms. The molecule has 0 unspecified atom stereocenters. The van der Waals surface area contributed by atoms with Gasteiger partial charge in [-0.2, -0.15) is 0 Å². The van der Waals surface area contributed by atoms with Crippen LogP contribution in [-0.4, -0.2) is 22.3 Å². The summed E-state index contributed by atoms with van der Waals surface area (Å²) < 4.78 is 0. The van der Waals surface area contributed by atoms with Gasteiger partial charge in [0.2, 0.25) is 0 Å². The van der Waals surface area contributed by atoms with E-state index in [0.717, 1.165) is 0 Å². The van der Waals surface area contributed by atoms with E-state index < -0.39 is 5.97 Å². The van der Waals surface area contributed by atoms with E-state index in [1.165, 1.54) is 6.07 Å². The average molecular weight is 407 g/mol. The van der Waals surface area contributed by atoms with E-state index in [2.05, 4.69) is 4.98 Å². The van der Waals surface area contributed by atoms with Crippen molar-refractivity contribution in [1.82, 2.24) is 4.98 Å². The molecular weight excluding hydrogens is 397 g/mol. The van der Waals surface area contributed by atoms with E-state index in [0.29, 0.717) is 43.7 Å². The number of hydrogen-bond acceptors (Lipinski definition) is 3. The van der Waals surface area contributed by atoms with E-state index >= 15 is 0 Å². The van der Waals surface area contributed by atoms with Crippen molar-refractivity contribution in [2.45, 2.75) is 0 Å². The molecule has 0 saturated heterocycles. The second kappa shape index (κ2) is 7.46. The SMILES string of the molecule is O=Cc1nc(-c2ccc(Cl)cc2)c(-c2ccc(Cl)cc2Cl)cc1C(=O)O. The summed E-state index contributed by atoms with van der Waals surface area (Å²) >= 11 is 18.2. The minimum Gasteiger partial charge on any atom is -0.478 e. The van der Waals surface area contributed by atoms with Crippen LogP contribution in [0.1, 0.15) is 20.8 Å². The standard InChI is InChI=1S/C19H10Cl3NO3/c20-11-3-1-10(2-4-11)18-14(13-6-5-12(21)7-16(13)22)8-15(19(25)26)17(9-24)23-18/h1-9H,(H,25,26). The van der Waals surface area contributed by atoms with Crippen LogP contribution in [0.2, 0.25) is 15.1 Å². The van der Waals surface area contributed by atoms with Gasteiger partial charge in [0.15, 0.2) is 6.29 Å². The fraction of sp³-hybridized carbons (Fsp3) is 0. The summed E-state index contributed by atoms with van der Waals surface area (Å²) in [5.74, 6) is -1.26. The molecule has 0 aliphatic rings. The molecule has 130 valence electrons. The lowest BCUT2D eigenvalue weighted by molar-refractivity contribution is 0.0693. The Morgan fingerprint density at radius 1 is 0.923 bits per heavy atom. The van der Waals surface area contributed by atoms with Gasteiger partial charge in [0, 0.05) is 31.8 Å². The number of aromatic carboxylic acids is 1. The van der Waals surface area contributed by atoms with Crippen molar-refractivity contribution in [3.8, 4) is 22.4 Å². The number of hydrogen-bond donors (Lipinski definition) is 1. The first-order valence-electron chi connectivity index (χ1n) is 7.35. The summed E-state index contributed by atoms with van der Waals surface area (Å²) in [7, 11) is 0. The first-order chi connectivity index (χ1) is 12.4. The maximum atomic E-state index is 11.5. The number of rotatable bonds is 4. The Kier molecular flexibility index (Phi) is 5.28. The molecule has 0 bridgehead atoms. The lowest BCUT2D eigenvalue weighted by Gasteiger charge is -2.14. The van der Waals surface area contributed by atoms with Gasteiger partial charge < -0.3 is 5.11 Å². The molecule has 2 aromatic carbocycles. The van der Waals surface area contributed by atoms with E-state index in [-0.39, 0.29) is 11.3 Å². The van der Waals surface area contributed by atoms with Crippen LogP contribution in [0.15, 0.2) is 48.5 Å². The number of nitrogens with zero attached hydrogens (tertiary/aromatic N) is 1. The van der Waals surface area contributed by atoms with Crippen molar-refractivity contribution in [1.29, 1.82) is 0 Å². The predicted octanol–water partition coefficient (Wildman–Crippen LogP) is 5.89. The highest BCUT2D eigenvalue weighted by atomic mass is 35.5. The summed E-state index contributed by atoms with van der Waals surface area (Å²) in [5, 5.41) is 10.7. The predicted molar refractivity (Wildman–Crippen MR) is 102 cm³/mol. The molecular formula is C19H10Cl3NO3. The Morgan fingerprint density at radius 2 is 1.58 bits per heavy atom. The highest BCUT2D eigenvalue weighted by molar-refractivity contribution is 6.36. The minimum absolute atomic E-state index is 0.170. The van der Waals surface area contributed by atoms with Gasteiger partial charge in [-0.25, -0.2) is 9.78 Å². The number of pyridine rings is 1. The summed E-state index contributed by atoms with van der Waals surface area (Å²) in [6.45, 7) is 0. The average Bonchev–Trinajstić information content (AvgIpc) is 2.61. The van der Waals surface area contributed by atoms with E-state index in [9.17, 15) is 14.7 Å². The Bertz CT molecular complexity index is 1020. The maximum absolute atomic E-state index is 11.5. The van der Waals surface area contributed by atoms with Gasteiger partial charge in [0.25, 0.3) is 0 Å². The second-order valence-corrected chi connectivity index (χ2v) is 6.65. The molecule has 0 aliphatic carbocycles. The van der Waals surface area contributed by atoms with Crippen molar-refractivity contribution in [3.05, 3.63) is 74.9 Å². The number of benzene rings is 2. The molecule has 0 atom stereocenters. The molecule has 0 saturated carbocycles. The number of carboxylic acid groups (broad SMARTS) is 1. The van der Waals surface area contributed by atoms with Crippen LogP contribution < -0.4 is 0 Å². The first kappa shape index (κ1) is 18.4. The normalized spacial score (nSPS) is 10.6. The summed E-state index contributed by atoms with van der Waals surface area (Å²) in [6, 6.07) is 13.1. The monoisotopic (exact) mass is 405 g/mol. The zero-order chi connectivity index (χ0) is 18.8. The highest BCUT2D eigenvalue weighted by Crippen LogP contribution is 2.37. The van der Waals surface area contributed by atoms with Gasteiger partial charge in [-0.1, -0.05) is 53.0 Å².